The van der Waals surface area contributed by atoms with Crippen molar-refractivity contribution < 1.29 is 4.79 Å². The van der Waals surface area contributed by atoms with E-state index in [2.05, 4.69) is 12.2 Å². The standard InChI is InChI=1S/C12H16Cl2N2O/c1-2-3-4-5-16-12(17)9-6-8(15)7-10(13)11(9)14/h6-7H,2-5,15H2,1H3,(H,16,17). The van der Waals surface area contributed by atoms with E-state index >= 15 is 0 Å². The Morgan fingerprint density at radius 3 is 2.71 bits per heavy atom. The number of nitrogen functional groups attached to an aromatic ring is 1. The molecule has 0 saturated carbocycles. The van der Waals surface area contributed by atoms with Gasteiger partial charge >= 0.3 is 0 Å². The number of carbonyl (C=O) groups is 1. The smallest absolute Gasteiger partial charge is 0.252 e. The minimum atomic E-state index is -0.236. The van der Waals surface area contributed by atoms with Gasteiger partial charge in [-0.3, -0.25) is 4.79 Å². The molecule has 1 aromatic rings. The Kier molecular flexibility index (Phi) is 5.59. The van der Waals surface area contributed by atoms with Gasteiger partial charge < -0.3 is 11.1 Å². The number of benzene rings is 1. The first-order chi connectivity index (χ1) is 8.06. The molecule has 5 heteroatoms. The molecule has 3 nitrogen and oxygen atoms in total. The zero-order valence-electron chi connectivity index (χ0n) is 9.72. The summed E-state index contributed by atoms with van der Waals surface area (Å²) >= 11 is 11.8. The SMILES string of the molecule is CCCCCNC(=O)c1cc(N)cc(Cl)c1Cl. The first kappa shape index (κ1) is 14.1. The second-order valence-corrected chi connectivity index (χ2v) is 4.61. The number of rotatable bonds is 5. The lowest BCUT2D eigenvalue weighted by Gasteiger charge is -2.08. The summed E-state index contributed by atoms with van der Waals surface area (Å²) in [5, 5.41) is 3.33. The summed E-state index contributed by atoms with van der Waals surface area (Å²) in [5.41, 5.74) is 6.38. The summed E-state index contributed by atoms with van der Waals surface area (Å²) in [6.07, 6.45) is 3.16. The molecule has 0 radical (unpaired) electrons. The molecule has 0 fully saturated rings. The second-order valence-electron chi connectivity index (χ2n) is 3.83. The third kappa shape index (κ3) is 4.10. The lowest BCUT2D eigenvalue weighted by Crippen LogP contribution is -2.24. The minimum Gasteiger partial charge on any atom is -0.399 e. The van der Waals surface area contributed by atoms with Crippen LogP contribution in [0.1, 0.15) is 36.5 Å². The Hall–Kier alpha value is -0.930. The van der Waals surface area contributed by atoms with Gasteiger partial charge in [0.25, 0.3) is 5.91 Å². The van der Waals surface area contributed by atoms with Crippen molar-refractivity contribution in [3.8, 4) is 0 Å². The third-order valence-corrected chi connectivity index (χ3v) is 3.16. The van der Waals surface area contributed by atoms with Crippen LogP contribution in [0, 0.1) is 0 Å². The van der Waals surface area contributed by atoms with E-state index in [0.29, 0.717) is 22.8 Å². The zero-order chi connectivity index (χ0) is 12.8. The van der Waals surface area contributed by atoms with Crippen LogP contribution in [0.25, 0.3) is 0 Å². The predicted molar refractivity (Wildman–Crippen MR) is 72.7 cm³/mol. The Morgan fingerprint density at radius 1 is 1.35 bits per heavy atom. The zero-order valence-corrected chi connectivity index (χ0v) is 11.2. The van der Waals surface area contributed by atoms with Crippen molar-refractivity contribution in [2.45, 2.75) is 26.2 Å². The van der Waals surface area contributed by atoms with Gasteiger partial charge in [0.15, 0.2) is 0 Å². The summed E-state index contributed by atoms with van der Waals surface area (Å²) in [6, 6.07) is 3.06. The van der Waals surface area contributed by atoms with Gasteiger partial charge in [0, 0.05) is 12.2 Å². The molecule has 3 N–H and O–H groups in total. The molecule has 0 aliphatic heterocycles. The molecule has 0 aliphatic carbocycles. The van der Waals surface area contributed by atoms with Gasteiger partial charge in [-0.15, -0.1) is 0 Å². The molecule has 1 aromatic carbocycles. The van der Waals surface area contributed by atoms with Crippen LogP contribution in [0.5, 0.6) is 0 Å². The average Bonchev–Trinajstić information content (AvgIpc) is 2.29. The molecule has 0 bridgehead atoms. The molecule has 0 atom stereocenters. The molecule has 94 valence electrons. The number of unbranched alkanes of at least 4 members (excludes halogenated alkanes) is 2. The Morgan fingerprint density at radius 2 is 2.06 bits per heavy atom. The fourth-order valence-corrected chi connectivity index (χ4v) is 1.87. The maximum absolute atomic E-state index is 11.8. The van der Waals surface area contributed by atoms with E-state index in [1.54, 1.807) is 0 Å². The number of hydrogen-bond acceptors (Lipinski definition) is 2. The second kappa shape index (κ2) is 6.72. The molecule has 1 rings (SSSR count). The first-order valence-corrected chi connectivity index (χ1v) is 6.34. The highest BCUT2D eigenvalue weighted by molar-refractivity contribution is 6.44. The number of halogens is 2. The van der Waals surface area contributed by atoms with Gasteiger partial charge in [-0.2, -0.15) is 0 Å². The highest BCUT2D eigenvalue weighted by Gasteiger charge is 2.13. The van der Waals surface area contributed by atoms with E-state index in [-0.39, 0.29) is 10.9 Å². The van der Waals surface area contributed by atoms with Gasteiger partial charge in [0.05, 0.1) is 15.6 Å². The van der Waals surface area contributed by atoms with Crippen LogP contribution in [0.15, 0.2) is 12.1 Å². The monoisotopic (exact) mass is 274 g/mol. The lowest BCUT2D eigenvalue weighted by atomic mass is 10.2. The van der Waals surface area contributed by atoms with Crippen molar-refractivity contribution in [1.29, 1.82) is 0 Å². The topological polar surface area (TPSA) is 55.1 Å². The molecule has 0 saturated heterocycles. The highest BCUT2D eigenvalue weighted by Crippen LogP contribution is 2.28. The normalized spacial score (nSPS) is 10.3. The Labute approximate surface area is 111 Å². The molecule has 0 aliphatic rings. The van der Waals surface area contributed by atoms with Gasteiger partial charge in [0.1, 0.15) is 0 Å². The number of nitrogens with one attached hydrogen (secondary N) is 1. The molecular formula is C12H16Cl2N2O. The van der Waals surface area contributed by atoms with Crippen molar-refractivity contribution in [2.24, 2.45) is 0 Å². The van der Waals surface area contributed by atoms with Crippen LogP contribution in [0.4, 0.5) is 5.69 Å². The van der Waals surface area contributed by atoms with Crippen LogP contribution in [-0.2, 0) is 0 Å². The Balaban J connectivity index is 2.69. The molecule has 17 heavy (non-hydrogen) atoms. The van der Waals surface area contributed by atoms with Crippen molar-refractivity contribution in [3.05, 3.63) is 27.7 Å². The van der Waals surface area contributed by atoms with E-state index in [0.717, 1.165) is 19.3 Å². The number of anilines is 1. The van der Waals surface area contributed by atoms with Crippen LogP contribution >= 0.6 is 23.2 Å². The number of nitrogens with two attached hydrogens (primary N) is 1. The maximum atomic E-state index is 11.8. The van der Waals surface area contributed by atoms with E-state index in [9.17, 15) is 4.79 Å². The van der Waals surface area contributed by atoms with E-state index in [1.807, 2.05) is 0 Å². The van der Waals surface area contributed by atoms with Crippen LogP contribution in [-0.4, -0.2) is 12.5 Å². The highest BCUT2D eigenvalue weighted by atomic mass is 35.5. The summed E-state index contributed by atoms with van der Waals surface area (Å²) in [7, 11) is 0. The largest absolute Gasteiger partial charge is 0.399 e. The number of carbonyl (C=O) groups excluding carboxylic acids is 1. The van der Waals surface area contributed by atoms with Crippen LogP contribution in [0.2, 0.25) is 10.0 Å². The fourth-order valence-electron chi connectivity index (χ4n) is 1.45. The molecule has 0 aromatic heterocycles. The van der Waals surface area contributed by atoms with Crippen molar-refractivity contribution in [3.63, 3.8) is 0 Å². The fraction of sp³-hybridized carbons (Fsp3) is 0.417. The average molecular weight is 275 g/mol. The molecule has 0 unspecified atom stereocenters. The molecule has 0 spiro atoms. The van der Waals surface area contributed by atoms with Gasteiger partial charge in [-0.1, -0.05) is 43.0 Å². The van der Waals surface area contributed by atoms with Gasteiger partial charge in [-0.25, -0.2) is 0 Å². The maximum Gasteiger partial charge on any atom is 0.252 e. The quantitative estimate of drug-likeness (QED) is 0.638. The third-order valence-electron chi connectivity index (χ3n) is 2.36. The van der Waals surface area contributed by atoms with Gasteiger partial charge in [-0.05, 0) is 18.6 Å². The van der Waals surface area contributed by atoms with Crippen LogP contribution in [0.3, 0.4) is 0 Å². The van der Waals surface area contributed by atoms with Gasteiger partial charge in [0.2, 0.25) is 0 Å². The number of hydrogen-bond donors (Lipinski definition) is 2. The van der Waals surface area contributed by atoms with Crippen molar-refractivity contribution >= 4 is 34.8 Å². The summed E-state index contributed by atoms with van der Waals surface area (Å²) in [6.45, 7) is 2.74. The van der Waals surface area contributed by atoms with E-state index in [4.69, 9.17) is 28.9 Å². The summed E-state index contributed by atoms with van der Waals surface area (Å²) in [4.78, 5) is 11.8. The summed E-state index contributed by atoms with van der Waals surface area (Å²) < 4.78 is 0. The first-order valence-electron chi connectivity index (χ1n) is 5.59. The summed E-state index contributed by atoms with van der Waals surface area (Å²) in [5.74, 6) is -0.236. The van der Waals surface area contributed by atoms with E-state index in [1.165, 1.54) is 12.1 Å². The number of amides is 1. The minimum absolute atomic E-state index is 0.236. The van der Waals surface area contributed by atoms with E-state index < -0.39 is 0 Å². The van der Waals surface area contributed by atoms with Crippen LogP contribution < -0.4 is 11.1 Å². The molecular weight excluding hydrogens is 259 g/mol. The molecule has 0 heterocycles. The van der Waals surface area contributed by atoms with Crippen molar-refractivity contribution in [1.82, 2.24) is 5.32 Å². The molecule has 1 amide bonds. The lowest BCUT2D eigenvalue weighted by molar-refractivity contribution is 0.0953. The Bertz CT molecular complexity index is 408. The van der Waals surface area contributed by atoms with Crippen molar-refractivity contribution in [2.75, 3.05) is 12.3 Å². The predicted octanol–water partition coefficient (Wildman–Crippen LogP) is 3.50.